The standard InChI is InChI=1S/C12H23N3OS2/c1-10(2)15-12(3,8-16)6-4-5-7-17-11-13-9-14-18-11/h9-10,15-16H,4-8H2,1-3H3. The zero-order chi connectivity index (χ0) is 13.4. The van der Waals surface area contributed by atoms with Gasteiger partial charge in [0.1, 0.15) is 6.33 Å². The van der Waals surface area contributed by atoms with Gasteiger partial charge >= 0.3 is 0 Å². The minimum Gasteiger partial charge on any atom is -0.394 e. The first-order chi connectivity index (χ1) is 8.56. The molecule has 104 valence electrons. The summed E-state index contributed by atoms with van der Waals surface area (Å²) in [5.41, 5.74) is -0.151. The Morgan fingerprint density at radius 1 is 1.50 bits per heavy atom. The monoisotopic (exact) mass is 289 g/mol. The van der Waals surface area contributed by atoms with Crippen LogP contribution in [-0.4, -0.2) is 38.4 Å². The molecule has 2 N–H and O–H groups in total. The number of nitrogens with zero attached hydrogens (tertiary/aromatic N) is 2. The van der Waals surface area contributed by atoms with Gasteiger partial charge in [-0.3, -0.25) is 0 Å². The lowest BCUT2D eigenvalue weighted by atomic mass is 9.95. The third-order valence-corrected chi connectivity index (χ3v) is 4.56. The average Bonchev–Trinajstić information content (AvgIpc) is 2.80. The number of nitrogens with one attached hydrogen (secondary N) is 1. The first-order valence-electron chi connectivity index (χ1n) is 6.34. The fourth-order valence-corrected chi connectivity index (χ4v) is 3.41. The minimum atomic E-state index is -0.151. The number of aliphatic hydroxyl groups is 1. The third kappa shape index (κ3) is 6.13. The van der Waals surface area contributed by atoms with E-state index in [1.807, 2.05) is 0 Å². The van der Waals surface area contributed by atoms with Crippen LogP contribution in [0, 0.1) is 0 Å². The van der Waals surface area contributed by atoms with Crippen LogP contribution in [0.1, 0.15) is 40.0 Å². The van der Waals surface area contributed by atoms with E-state index >= 15 is 0 Å². The molecule has 1 heterocycles. The Balaban J connectivity index is 2.15. The Morgan fingerprint density at radius 2 is 2.28 bits per heavy atom. The lowest BCUT2D eigenvalue weighted by molar-refractivity contribution is 0.154. The Morgan fingerprint density at radius 3 is 2.83 bits per heavy atom. The summed E-state index contributed by atoms with van der Waals surface area (Å²) in [6.45, 7) is 6.50. The molecule has 0 aliphatic rings. The number of aliphatic hydroxyl groups excluding tert-OH is 1. The van der Waals surface area contributed by atoms with Crippen molar-refractivity contribution >= 4 is 23.3 Å². The highest BCUT2D eigenvalue weighted by Crippen LogP contribution is 2.21. The van der Waals surface area contributed by atoms with Crippen LogP contribution < -0.4 is 5.32 Å². The van der Waals surface area contributed by atoms with Crippen LogP contribution in [0.4, 0.5) is 0 Å². The molecule has 0 aliphatic carbocycles. The summed E-state index contributed by atoms with van der Waals surface area (Å²) in [4.78, 5) is 4.14. The molecule has 0 amide bonds. The smallest absolute Gasteiger partial charge is 0.169 e. The Labute approximate surface area is 118 Å². The second-order valence-electron chi connectivity index (χ2n) is 5.03. The lowest BCUT2D eigenvalue weighted by Gasteiger charge is -2.31. The van der Waals surface area contributed by atoms with Crippen LogP contribution in [-0.2, 0) is 0 Å². The molecular formula is C12H23N3OS2. The van der Waals surface area contributed by atoms with Crippen molar-refractivity contribution in [2.75, 3.05) is 12.4 Å². The number of unbranched alkanes of at least 4 members (excludes halogenated alkanes) is 1. The molecule has 1 unspecified atom stereocenters. The van der Waals surface area contributed by atoms with Gasteiger partial charge in [0, 0.05) is 17.3 Å². The quantitative estimate of drug-likeness (QED) is 0.540. The first kappa shape index (κ1) is 15.9. The SMILES string of the molecule is CC(C)NC(C)(CO)CCCCSc1ncns1. The maximum atomic E-state index is 9.46. The van der Waals surface area contributed by atoms with E-state index in [2.05, 4.69) is 35.4 Å². The minimum absolute atomic E-state index is 0.151. The molecule has 0 bridgehead atoms. The fraction of sp³-hybridized carbons (Fsp3) is 0.833. The summed E-state index contributed by atoms with van der Waals surface area (Å²) in [5.74, 6) is 1.07. The molecule has 0 radical (unpaired) electrons. The maximum Gasteiger partial charge on any atom is 0.169 e. The van der Waals surface area contributed by atoms with E-state index in [4.69, 9.17) is 0 Å². The lowest BCUT2D eigenvalue weighted by Crippen LogP contribution is -2.49. The molecule has 4 nitrogen and oxygen atoms in total. The van der Waals surface area contributed by atoms with Crippen molar-refractivity contribution in [2.45, 2.75) is 56.0 Å². The van der Waals surface area contributed by atoms with Crippen LogP contribution in [0.15, 0.2) is 10.7 Å². The number of hydrogen-bond donors (Lipinski definition) is 2. The Kier molecular flexibility index (Phi) is 7.14. The highest BCUT2D eigenvalue weighted by Gasteiger charge is 2.22. The van der Waals surface area contributed by atoms with E-state index < -0.39 is 0 Å². The normalized spacial score (nSPS) is 14.9. The molecule has 0 spiro atoms. The van der Waals surface area contributed by atoms with Crippen LogP contribution in [0.5, 0.6) is 0 Å². The average molecular weight is 289 g/mol. The van der Waals surface area contributed by atoms with E-state index in [0.717, 1.165) is 29.4 Å². The van der Waals surface area contributed by atoms with Gasteiger partial charge in [-0.05, 0) is 31.3 Å². The van der Waals surface area contributed by atoms with Crippen LogP contribution in [0.2, 0.25) is 0 Å². The second kappa shape index (κ2) is 8.09. The summed E-state index contributed by atoms with van der Waals surface area (Å²) < 4.78 is 5.01. The van der Waals surface area contributed by atoms with E-state index in [1.54, 1.807) is 18.1 Å². The number of thioether (sulfide) groups is 1. The highest BCUT2D eigenvalue weighted by atomic mass is 32.2. The van der Waals surface area contributed by atoms with Crippen molar-refractivity contribution in [1.82, 2.24) is 14.7 Å². The molecule has 1 aromatic rings. The van der Waals surface area contributed by atoms with Crippen molar-refractivity contribution < 1.29 is 5.11 Å². The van der Waals surface area contributed by atoms with E-state index in [0.29, 0.717) is 6.04 Å². The number of hydrogen-bond acceptors (Lipinski definition) is 6. The van der Waals surface area contributed by atoms with E-state index in [9.17, 15) is 5.11 Å². The molecule has 6 heteroatoms. The van der Waals surface area contributed by atoms with Gasteiger partial charge in [0.25, 0.3) is 0 Å². The van der Waals surface area contributed by atoms with Gasteiger partial charge in [0.15, 0.2) is 4.34 Å². The molecule has 0 aliphatic heterocycles. The van der Waals surface area contributed by atoms with Gasteiger partial charge in [-0.2, -0.15) is 4.37 Å². The Hall–Kier alpha value is -0.170. The summed E-state index contributed by atoms with van der Waals surface area (Å²) in [6.07, 6.45) is 4.85. The summed E-state index contributed by atoms with van der Waals surface area (Å²) >= 11 is 3.21. The molecule has 0 saturated heterocycles. The highest BCUT2D eigenvalue weighted by molar-refractivity contribution is 8.00. The summed E-state index contributed by atoms with van der Waals surface area (Å²) in [7, 11) is 0. The number of aromatic nitrogens is 2. The zero-order valence-corrected chi connectivity index (χ0v) is 13.0. The van der Waals surface area contributed by atoms with E-state index in [1.165, 1.54) is 11.5 Å². The molecule has 0 aromatic carbocycles. The Bertz CT molecular complexity index is 319. The maximum absolute atomic E-state index is 9.46. The predicted octanol–water partition coefficient (Wildman–Crippen LogP) is 2.55. The van der Waals surface area contributed by atoms with Gasteiger partial charge in [-0.1, -0.05) is 32.0 Å². The third-order valence-electron chi connectivity index (χ3n) is 2.68. The summed E-state index contributed by atoms with van der Waals surface area (Å²) in [6, 6.07) is 0.401. The first-order valence-corrected chi connectivity index (χ1v) is 8.10. The molecule has 0 fully saturated rings. The van der Waals surface area contributed by atoms with Gasteiger partial charge in [-0.25, -0.2) is 4.98 Å². The molecule has 1 aromatic heterocycles. The van der Waals surface area contributed by atoms with Gasteiger partial charge in [-0.15, -0.1) is 0 Å². The molecule has 1 atom stereocenters. The van der Waals surface area contributed by atoms with Crippen LogP contribution in [0.3, 0.4) is 0 Å². The van der Waals surface area contributed by atoms with Crippen molar-refractivity contribution in [3.63, 3.8) is 0 Å². The van der Waals surface area contributed by atoms with Crippen molar-refractivity contribution in [1.29, 1.82) is 0 Å². The fourth-order valence-electron chi connectivity index (χ4n) is 1.90. The molecule has 1 rings (SSSR count). The molecule has 18 heavy (non-hydrogen) atoms. The van der Waals surface area contributed by atoms with Crippen molar-refractivity contribution in [3.05, 3.63) is 6.33 Å². The topological polar surface area (TPSA) is 58.0 Å². The second-order valence-corrected chi connectivity index (χ2v) is 7.15. The van der Waals surface area contributed by atoms with Crippen molar-refractivity contribution in [2.24, 2.45) is 0 Å². The zero-order valence-electron chi connectivity index (χ0n) is 11.3. The van der Waals surface area contributed by atoms with Gasteiger partial charge in [0.05, 0.1) is 6.61 Å². The largest absolute Gasteiger partial charge is 0.394 e. The van der Waals surface area contributed by atoms with Gasteiger partial charge in [0.2, 0.25) is 0 Å². The molecular weight excluding hydrogens is 266 g/mol. The van der Waals surface area contributed by atoms with Crippen LogP contribution >= 0.6 is 23.3 Å². The number of rotatable bonds is 9. The molecule has 0 saturated carbocycles. The van der Waals surface area contributed by atoms with E-state index in [-0.39, 0.29) is 12.1 Å². The summed E-state index contributed by atoms with van der Waals surface area (Å²) in [5, 5.41) is 12.9. The van der Waals surface area contributed by atoms with Gasteiger partial charge < -0.3 is 10.4 Å². The predicted molar refractivity (Wildman–Crippen MR) is 78.2 cm³/mol. The van der Waals surface area contributed by atoms with Crippen LogP contribution in [0.25, 0.3) is 0 Å². The van der Waals surface area contributed by atoms with Crippen molar-refractivity contribution in [3.8, 4) is 0 Å².